The summed E-state index contributed by atoms with van der Waals surface area (Å²) < 4.78 is 0. The average Bonchev–Trinajstić information content (AvgIpc) is 2.90. The number of aryl methyl sites for hydroxylation is 1. The minimum atomic E-state index is -0.0363. The van der Waals surface area contributed by atoms with Crippen molar-refractivity contribution >= 4 is 17.7 Å². The molecule has 0 radical (unpaired) electrons. The van der Waals surface area contributed by atoms with Gasteiger partial charge in [-0.15, -0.1) is 11.8 Å². The van der Waals surface area contributed by atoms with Crippen molar-refractivity contribution in [1.82, 2.24) is 15.3 Å². The average molecular weight is 285 g/mol. The summed E-state index contributed by atoms with van der Waals surface area (Å²) in [7, 11) is 0. The molecule has 0 aliphatic carbocycles. The Morgan fingerprint density at radius 1 is 1.35 bits per heavy atom. The second kappa shape index (κ2) is 5.63. The number of nitrogens with one attached hydrogen (secondary N) is 1. The highest BCUT2D eigenvalue weighted by Gasteiger charge is 2.27. The molecule has 3 rings (SSSR count). The van der Waals surface area contributed by atoms with E-state index in [0.29, 0.717) is 6.54 Å². The maximum Gasteiger partial charge on any atom is 0.234 e. The number of benzene rings is 1. The second-order valence-corrected chi connectivity index (χ2v) is 6.03. The Bertz CT molecular complexity index is 602. The standard InChI is InChI=1S/C15H15N3OS/c1-10-7-17-12(8-16-10)9-18-15(19)14-6-11-4-2-3-5-13(11)20-14/h2-5,7-8,14H,6,9H2,1H3,(H,18,19)/t14-/m1/s1. The largest absolute Gasteiger partial charge is 0.349 e. The fraction of sp³-hybridized carbons (Fsp3) is 0.267. The van der Waals surface area contributed by atoms with Crippen LogP contribution in [0.2, 0.25) is 0 Å². The Hall–Kier alpha value is -1.88. The highest BCUT2D eigenvalue weighted by Crippen LogP contribution is 2.36. The molecule has 1 aromatic carbocycles. The summed E-state index contributed by atoms with van der Waals surface area (Å²) in [6, 6.07) is 8.18. The van der Waals surface area contributed by atoms with E-state index in [2.05, 4.69) is 27.4 Å². The molecule has 102 valence electrons. The van der Waals surface area contributed by atoms with E-state index in [0.717, 1.165) is 17.8 Å². The number of amides is 1. The van der Waals surface area contributed by atoms with Gasteiger partial charge in [-0.3, -0.25) is 14.8 Å². The number of fused-ring (bicyclic) bond motifs is 1. The summed E-state index contributed by atoms with van der Waals surface area (Å²) in [5.74, 6) is 0.0635. The molecule has 0 unspecified atom stereocenters. The molecule has 0 saturated carbocycles. The smallest absolute Gasteiger partial charge is 0.234 e. The molecule has 0 saturated heterocycles. The first-order valence-corrected chi connectivity index (χ1v) is 7.40. The van der Waals surface area contributed by atoms with Gasteiger partial charge in [0.1, 0.15) is 0 Å². The summed E-state index contributed by atoms with van der Waals surface area (Å²) in [5.41, 5.74) is 2.92. The molecule has 2 heterocycles. The zero-order valence-corrected chi connectivity index (χ0v) is 12.0. The lowest BCUT2D eigenvalue weighted by molar-refractivity contribution is -0.120. The van der Waals surface area contributed by atoms with Crippen LogP contribution in [0, 0.1) is 6.92 Å². The third-order valence-electron chi connectivity index (χ3n) is 3.22. The number of thioether (sulfide) groups is 1. The van der Waals surface area contributed by atoms with Gasteiger partial charge in [0.2, 0.25) is 5.91 Å². The van der Waals surface area contributed by atoms with Crippen molar-refractivity contribution in [3.05, 3.63) is 53.6 Å². The minimum Gasteiger partial charge on any atom is -0.349 e. The lowest BCUT2D eigenvalue weighted by Gasteiger charge is -2.09. The van der Waals surface area contributed by atoms with E-state index in [1.54, 1.807) is 24.2 Å². The molecule has 0 bridgehead atoms. The van der Waals surface area contributed by atoms with Crippen LogP contribution in [0.25, 0.3) is 0 Å². The van der Waals surface area contributed by atoms with Crippen molar-refractivity contribution < 1.29 is 4.79 Å². The fourth-order valence-electron chi connectivity index (χ4n) is 2.13. The zero-order valence-electron chi connectivity index (χ0n) is 11.2. The van der Waals surface area contributed by atoms with E-state index in [1.165, 1.54) is 10.5 Å². The normalized spacial score (nSPS) is 16.8. The van der Waals surface area contributed by atoms with Crippen LogP contribution in [0.3, 0.4) is 0 Å². The predicted molar refractivity (Wildman–Crippen MR) is 78.4 cm³/mol. The molecule has 1 amide bonds. The molecule has 5 heteroatoms. The highest BCUT2D eigenvalue weighted by molar-refractivity contribution is 8.01. The van der Waals surface area contributed by atoms with Crippen molar-refractivity contribution in [2.24, 2.45) is 0 Å². The van der Waals surface area contributed by atoms with Gasteiger partial charge in [-0.05, 0) is 25.0 Å². The predicted octanol–water partition coefficient (Wildman–Crippen LogP) is 2.12. The number of carbonyl (C=O) groups excluding carboxylic acids is 1. The molecule has 2 aromatic rings. The Balaban J connectivity index is 1.57. The van der Waals surface area contributed by atoms with E-state index in [4.69, 9.17) is 0 Å². The maximum absolute atomic E-state index is 12.2. The third-order valence-corrected chi connectivity index (χ3v) is 4.54. The molecule has 1 aromatic heterocycles. The number of rotatable bonds is 3. The van der Waals surface area contributed by atoms with Gasteiger partial charge in [0, 0.05) is 11.1 Å². The van der Waals surface area contributed by atoms with Crippen LogP contribution < -0.4 is 5.32 Å². The minimum absolute atomic E-state index is 0.0363. The van der Waals surface area contributed by atoms with Gasteiger partial charge in [0.05, 0.1) is 29.4 Å². The van der Waals surface area contributed by atoms with Gasteiger partial charge in [0.25, 0.3) is 0 Å². The molecule has 0 spiro atoms. The van der Waals surface area contributed by atoms with Gasteiger partial charge in [0.15, 0.2) is 0 Å². The van der Waals surface area contributed by atoms with Crippen molar-refractivity contribution in [2.45, 2.75) is 30.0 Å². The number of hydrogen-bond donors (Lipinski definition) is 1. The lowest BCUT2D eigenvalue weighted by Crippen LogP contribution is -2.32. The van der Waals surface area contributed by atoms with Crippen molar-refractivity contribution in [3.63, 3.8) is 0 Å². The third kappa shape index (κ3) is 2.82. The number of hydrogen-bond acceptors (Lipinski definition) is 4. The lowest BCUT2D eigenvalue weighted by atomic mass is 10.1. The maximum atomic E-state index is 12.2. The highest BCUT2D eigenvalue weighted by atomic mass is 32.2. The Morgan fingerprint density at radius 2 is 2.20 bits per heavy atom. The van der Waals surface area contributed by atoms with E-state index in [-0.39, 0.29) is 11.2 Å². The van der Waals surface area contributed by atoms with Crippen LogP contribution in [-0.2, 0) is 17.8 Å². The van der Waals surface area contributed by atoms with Crippen molar-refractivity contribution in [1.29, 1.82) is 0 Å². The molecule has 1 aliphatic rings. The molecule has 1 N–H and O–H groups in total. The van der Waals surface area contributed by atoms with Gasteiger partial charge >= 0.3 is 0 Å². The molecule has 1 aliphatic heterocycles. The topological polar surface area (TPSA) is 54.9 Å². The summed E-state index contributed by atoms with van der Waals surface area (Å²) in [6.07, 6.45) is 4.21. The van der Waals surface area contributed by atoms with E-state index >= 15 is 0 Å². The molecule has 20 heavy (non-hydrogen) atoms. The van der Waals surface area contributed by atoms with Crippen LogP contribution in [0.4, 0.5) is 0 Å². The first-order chi connectivity index (χ1) is 9.72. The van der Waals surface area contributed by atoms with Gasteiger partial charge in [-0.2, -0.15) is 0 Å². The van der Waals surface area contributed by atoms with Gasteiger partial charge in [-0.25, -0.2) is 0 Å². The van der Waals surface area contributed by atoms with Gasteiger partial charge in [-0.1, -0.05) is 18.2 Å². The van der Waals surface area contributed by atoms with Crippen LogP contribution in [-0.4, -0.2) is 21.1 Å². The summed E-state index contributed by atoms with van der Waals surface area (Å²) in [5, 5.41) is 2.90. The van der Waals surface area contributed by atoms with E-state index in [1.807, 2.05) is 19.1 Å². The Kier molecular flexibility index (Phi) is 3.69. The van der Waals surface area contributed by atoms with Crippen LogP contribution in [0.5, 0.6) is 0 Å². The first-order valence-electron chi connectivity index (χ1n) is 6.52. The molecule has 1 atom stereocenters. The monoisotopic (exact) mass is 285 g/mol. The number of nitrogens with zero attached hydrogens (tertiary/aromatic N) is 2. The summed E-state index contributed by atoms with van der Waals surface area (Å²) in [6.45, 7) is 2.32. The second-order valence-electron chi connectivity index (χ2n) is 4.79. The van der Waals surface area contributed by atoms with Crippen LogP contribution in [0.1, 0.15) is 17.0 Å². The fourth-order valence-corrected chi connectivity index (χ4v) is 3.35. The van der Waals surface area contributed by atoms with Crippen molar-refractivity contribution in [3.8, 4) is 0 Å². The van der Waals surface area contributed by atoms with E-state index < -0.39 is 0 Å². The first kappa shape index (κ1) is 13.1. The summed E-state index contributed by atoms with van der Waals surface area (Å²) in [4.78, 5) is 21.8. The number of aromatic nitrogens is 2. The van der Waals surface area contributed by atoms with Crippen molar-refractivity contribution in [2.75, 3.05) is 0 Å². The molecular weight excluding hydrogens is 270 g/mol. The Labute approximate surface area is 122 Å². The molecular formula is C15H15N3OS. The molecule has 0 fully saturated rings. The SMILES string of the molecule is Cc1cnc(CNC(=O)[C@H]2Cc3ccccc3S2)cn1. The van der Waals surface area contributed by atoms with Crippen LogP contribution in [0.15, 0.2) is 41.6 Å². The quantitative estimate of drug-likeness (QED) is 0.938. The van der Waals surface area contributed by atoms with Crippen LogP contribution >= 0.6 is 11.8 Å². The van der Waals surface area contributed by atoms with E-state index in [9.17, 15) is 4.79 Å². The zero-order chi connectivity index (χ0) is 13.9. The summed E-state index contributed by atoms with van der Waals surface area (Å²) >= 11 is 1.63. The number of carbonyl (C=O) groups is 1. The van der Waals surface area contributed by atoms with Gasteiger partial charge < -0.3 is 5.32 Å². The Morgan fingerprint density at radius 3 is 2.95 bits per heavy atom. The molecule has 4 nitrogen and oxygen atoms in total.